The van der Waals surface area contributed by atoms with Crippen LogP contribution in [0.5, 0.6) is 0 Å². The highest BCUT2D eigenvalue weighted by Crippen LogP contribution is 2.45. The van der Waals surface area contributed by atoms with Gasteiger partial charge in [-0.3, -0.25) is 0 Å². The molecule has 1 aliphatic rings. The minimum Gasteiger partial charge on any atom is -0.396 e. The molecule has 1 aliphatic carbocycles. The molecule has 0 saturated heterocycles. The smallest absolute Gasteiger partial charge is 0.135 e. The fraction of sp³-hybridized carbons (Fsp3) is 0.733. The second kappa shape index (κ2) is 5.95. The van der Waals surface area contributed by atoms with Crippen molar-refractivity contribution >= 4 is 11.6 Å². The van der Waals surface area contributed by atoms with Crippen LogP contribution in [0.1, 0.15) is 50.9 Å². The SMILES string of the molecule is CCNc1nc(C(C)C)nc(NCC2(CO)CC2)c1C. The number of aliphatic hydroxyl groups is 1. The summed E-state index contributed by atoms with van der Waals surface area (Å²) < 4.78 is 0. The van der Waals surface area contributed by atoms with Gasteiger partial charge in [-0.1, -0.05) is 13.8 Å². The van der Waals surface area contributed by atoms with Crippen molar-refractivity contribution in [2.24, 2.45) is 5.41 Å². The summed E-state index contributed by atoms with van der Waals surface area (Å²) in [4.78, 5) is 9.23. The van der Waals surface area contributed by atoms with Crippen molar-refractivity contribution in [3.8, 4) is 0 Å². The molecule has 1 aromatic heterocycles. The van der Waals surface area contributed by atoms with Crippen molar-refractivity contribution in [3.63, 3.8) is 0 Å². The van der Waals surface area contributed by atoms with Crippen LogP contribution in [-0.4, -0.2) is 34.8 Å². The van der Waals surface area contributed by atoms with Crippen molar-refractivity contribution < 1.29 is 5.11 Å². The standard InChI is InChI=1S/C15H26N4O/c1-5-16-13-11(4)14(19-12(18-13)10(2)3)17-8-15(9-20)6-7-15/h10,20H,5-9H2,1-4H3,(H2,16,17,18,19). The monoisotopic (exact) mass is 278 g/mol. The first kappa shape index (κ1) is 15.0. The number of anilines is 2. The van der Waals surface area contributed by atoms with E-state index in [1.807, 2.05) is 6.92 Å². The van der Waals surface area contributed by atoms with Gasteiger partial charge < -0.3 is 15.7 Å². The average Bonchev–Trinajstić information content (AvgIpc) is 3.20. The molecule has 0 radical (unpaired) electrons. The Kier molecular flexibility index (Phi) is 4.48. The normalized spacial score (nSPS) is 16.3. The zero-order chi connectivity index (χ0) is 14.8. The predicted molar refractivity (Wildman–Crippen MR) is 82.3 cm³/mol. The molecule has 5 heteroatoms. The van der Waals surface area contributed by atoms with Gasteiger partial charge in [-0.25, -0.2) is 9.97 Å². The summed E-state index contributed by atoms with van der Waals surface area (Å²) in [5, 5.41) is 16.1. The average molecular weight is 278 g/mol. The number of rotatable bonds is 7. The number of nitrogens with one attached hydrogen (secondary N) is 2. The van der Waals surface area contributed by atoms with Crippen molar-refractivity contribution in [1.82, 2.24) is 9.97 Å². The van der Waals surface area contributed by atoms with Crippen LogP contribution < -0.4 is 10.6 Å². The second-order valence-electron chi connectivity index (χ2n) is 6.10. The van der Waals surface area contributed by atoms with Crippen LogP contribution in [0.2, 0.25) is 0 Å². The highest BCUT2D eigenvalue weighted by molar-refractivity contribution is 5.57. The number of nitrogens with zero attached hydrogens (tertiary/aromatic N) is 2. The summed E-state index contributed by atoms with van der Waals surface area (Å²) in [6, 6.07) is 0. The summed E-state index contributed by atoms with van der Waals surface area (Å²) in [6.45, 7) is 10.2. The molecule has 1 aromatic rings. The summed E-state index contributed by atoms with van der Waals surface area (Å²) in [7, 11) is 0. The second-order valence-corrected chi connectivity index (χ2v) is 6.10. The Morgan fingerprint density at radius 2 is 1.80 bits per heavy atom. The Bertz CT molecular complexity index is 469. The molecule has 0 aliphatic heterocycles. The van der Waals surface area contributed by atoms with Gasteiger partial charge in [0.15, 0.2) is 0 Å². The fourth-order valence-corrected chi connectivity index (χ4v) is 2.14. The number of hydrogen-bond donors (Lipinski definition) is 3. The molecule has 0 atom stereocenters. The Hall–Kier alpha value is -1.36. The lowest BCUT2D eigenvalue weighted by Gasteiger charge is -2.18. The van der Waals surface area contributed by atoms with E-state index in [-0.39, 0.29) is 12.0 Å². The van der Waals surface area contributed by atoms with E-state index >= 15 is 0 Å². The molecule has 112 valence electrons. The molecule has 1 heterocycles. The minimum absolute atomic E-state index is 0.0771. The fourth-order valence-electron chi connectivity index (χ4n) is 2.14. The lowest BCUT2D eigenvalue weighted by atomic mass is 10.1. The maximum Gasteiger partial charge on any atom is 0.135 e. The molecule has 2 rings (SSSR count). The Balaban J connectivity index is 2.21. The number of aromatic nitrogens is 2. The zero-order valence-electron chi connectivity index (χ0n) is 13.0. The quantitative estimate of drug-likeness (QED) is 0.715. The van der Waals surface area contributed by atoms with Gasteiger partial charge in [0, 0.05) is 30.0 Å². The first-order valence-corrected chi connectivity index (χ1v) is 7.48. The van der Waals surface area contributed by atoms with E-state index in [9.17, 15) is 5.11 Å². The maximum atomic E-state index is 9.40. The topological polar surface area (TPSA) is 70.1 Å². The van der Waals surface area contributed by atoms with Gasteiger partial charge >= 0.3 is 0 Å². The van der Waals surface area contributed by atoms with Crippen LogP contribution in [-0.2, 0) is 0 Å². The Morgan fingerprint density at radius 3 is 2.25 bits per heavy atom. The third-order valence-electron chi connectivity index (χ3n) is 3.95. The molecule has 0 unspecified atom stereocenters. The van der Waals surface area contributed by atoms with E-state index in [4.69, 9.17) is 0 Å². The molecule has 1 saturated carbocycles. The molecule has 0 bridgehead atoms. The first-order chi connectivity index (χ1) is 9.51. The molecule has 0 aromatic carbocycles. The summed E-state index contributed by atoms with van der Waals surface area (Å²) >= 11 is 0. The molecular weight excluding hydrogens is 252 g/mol. The third-order valence-corrected chi connectivity index (χ3v) is 3.95. The molecule has 5 nitrogen and oxygen atoms in total. The van der Waals surface area contributed by atoms with E-state index in [0.717, 1.165) is 49.0 Å². The molecule has 0 spiro atoms. The molecule has 20 heavy (non-hydrogen) atoms. The Morgan fingerprint density at radius 1 is 1.20 bits per heavy atom. The Labute approximate surface area is 121 Å². The highest BCUT2D eigenvalue weighted by atomic mass is 16.3. The molecule has 0 amide bonds. The van der Waals surface area contributed by atoms with E-state index in [2.05, 4.69) is 41.4 Å². The van der Waals surface area contributed by atoms with Gasteiger partial charge in [-0.15, -0.1) is 0 Å². The van der Waals surface area contributed by atoms with Crippen molar-refractivity contribution in [2.45, 2.75) is 46.5 Å². The molecule has 3 N–H and O–H groups in total. The van der Waals surface area contributed by atoms with Gasteiger partial charge in [-0.05, 0) is 26.7 Å². The van der Waals surface area contributed by atoms with Crippen LogP contribution >= 0.6 is 0 Å². The maximum absolute atomic E-state index is 9.40. The van der Waals surface area contributed by atoms with Crippen LogP contribution in [0.25, 0.3) is 0 Å². The minimum atomic E-state index is 0.0771. The lowest BCUT2D eigenvalue weighted by molar-refractivity contribution is 0.219. The van der Waals surface area contributed by atoms with Crippen LogP contribution in [0, 0.1) is 12.3 Å². The van der Waals surface area contributed by atoms with Crippen molar-refractivity contribution in [1.29, 1.82) is 0 Å². The van der Waals surface area contributed by atoms with Gasteiger partial charge in [0.05, 0.1) is 6.61 Å². The zero-order valence-corrected chi connectivity index (χ0v) is 13.0. The van der Waals surface area contributed by atoms with E-state index in [0.29, 0.717) is 5.92 Å². The predicted octanol–water partition coefficient (Wildman–Crippen LogP) is 2.52. The first-order valence-electron chi connectivity index (χ1n) is 7.48. The summed E-state index contributed by atoms with van der Waals surface area (Å²) in [5.41, 5.74) is 1.12. The van der Waals surface area contributed by atoms with Gasteiger partial charge in [0.25, 0.3) is 0 Å². The van der Waals surface area contributed by atoms with E-state index in [1.54, 1.807) is 0 Å². The number of hydrogen-bond acceptors (Lipinski definition) is 5. The van der Waals surface area contributed by atoms with Crippen LogP contribution in [0.15, 0.2) is 0 Å². The molecular formula is C15H26N4O. The van der Waals surface area contributed by atoms with Gasteiger partial charge in [0.2, 0.25) is 0 Å². The van der Waals surface area contributed by atoms with Gasteiger partial charge in [0.1, 0.15) is 17.5 Å². The third kappa shape index (κ3) is 3.20. The lowest BCUT2D eigenvalue weighted by Crippen LogP contribution is -2.21. The van der Waals surface area contributed by atoms with E-state index < -0.39 is 0 Å². The molecule has 1 fully saturated rings. The largest absolute Gasteiger partial charge is 0.396 e. The van der Waals surface area contributed by atoms with Crippen LogP contribution in [0.3, 0.4) is 0 Å². The van der Waals surface area contributed by atoms with E-state index in [1.165, 1.54) is 0 Å². The van der Waals surface area contributed by atoms with Crippen LogP contribution in [0.4, 0.5) is 11.6 Å². The summed E-state index contributed by atoms with van der Waals surface area (Å²) in [5.74, 6) is 2.94. The highest BCUT2D eigenvalue weighted by Gasteiger charge is 2.41. The van der Waals surface area contributed by atoms with Crippen molar-refractivity contribution in [3.05, 3.63) is 11.4 Å². The van der Waals surface area contributed by atoms with Crippen molar-refractivity contribution in [2.75, 3.05) is 30.3 Å². The van der Waals surface area contributed by atoms with Gasteiger partial charge in [-0.2, -0.15) is 0 Å². The number of aliphatic hydroxyl groups excluding tert-OH is 1. The summed E-state index contributed by atoms with van der Waals surface area (Å²) in [6.07, 6.45) is 2.19.